The summed E-state index contributed by atoms with van der Waals surface area (Å²) in [5.74, 6) is 0. The van der Waals surface area contributed by atoms with Crippen molar-refractivity contribution in [3.05, 3.63) is 33.1 Å². The Hall–Kier alpha value is -1.03. The van der Waals surface area contributed by atoms with Crippen LogP contribution in [0.4, 0.5) is 0 Å². The number of phosphoric ester groups is 1. The van der Waals surface area contributed by atoms with E-state index < -0.39 is 65.4 Å². The minimum Gasteiger partial charge on any atom is -0.387 e. The Balaban J connectivity index is 1.77. The topological polar surface area (TPSA) is 253 Å². The molecule has 3 rings (SSSR count). The van der Waals surface area contributed by atoms with E-state index in [0.29, 0.717) is 6.42 Å². The molecule has 1 spiro atoms. The number of aliphatic hydroxyl groups is 1. The lowest BCUT2D eigenvalue weighted by Gasteiger charge is -2.31. The summed E-state index contributed by atoms with van der Waals surface area (Å²) in [4.78, 5) is 61.4. The highest BCUT2D eigenvalue weighted by Crippen LogP contribution is 2.66. The summed E-state index contributed by atoms with van der Waals surface area (Å²) < 4.78 is 57.9. The number of hydrogen-bond donors (Lipinski definition) is 6. The van der Waals surface area contributed by atoms with Crippen LogP contribution in [-0.2, 0) is 36.3 Å². The standard InChI is InChI=1S/C12H19N2O15P3/c15-8-2-4-14(11(17)13-8)10-12(3-1-5-25-12)9(16)7(27-10)6-26-31(21,22)29-32(23,24)28-30(18,19)20/h2,4,7,9-10,16H,1,3,5-6H2,(H,21,22)(H,23,24)(H,13,15,17)(H2,18,19,20)/t7-,9-,10-,12+/m1/s1. The molecule has 17 nitrogen and oxygen atoms in total. The number of hydrogen-bond acceptors (Lipinski definition) is 11. The zero-order valence-corrected chi connectivity index (χ0v) is 18.5. The Morgan fingerprint density at radius 2 is 1.84 bits per heavy atom. The van der Waals surface area contributed by atoms with Gasteiger partial charge in [0.2, 0.25) is 0 Å². The van der Waals surface area contributed by atoms with Gasteiger partial charge >= 0.3 is 29.2 Å². The van der Waals surface area contributed by atoms with E-state index in [9.17, 15) is 38.2 Å². The highest BCUT2D eigenvalue weighted by atomic mass is 31.3. The molecule has 32 heavy (non-hydrogen) atoms. The largest absolute Gasteiger partial charge is 0.490 e. The Bertz CT molecular complexity index is 1100. The van der Waals surface area contributed by atoms with Crippen molar-refractivity contribution < 1.29 is 61.0 Å². The van der Waals surface area contributed by atoms with Crippen molar-refractivity contribution in [2.45, 2.75) is 36.9 Å². The van der Waals surface area contributed by atoms with Crippen molar-refractivity contribution in [1.29, 1.82) is 0 Å². The van der Waals surface area contributed by atoms with Crippen LogP contribution < -0.4 is 11.2 Å². The van der Waals surface area contributed by atoms with Crippen LogP contribution in [-0.4, -0.2) is 65.3 Å². The first-order valence-electron chi connectivity index (χ1n) is 8.71. The predicted molar refractivity (Wildman–Crippen MR) is 99.0 cm³/mol. The average Bonchev–Trinajstić information content (AvgIpc) is 3.19. The molecule has 0 aromatic carbocycles. The monoisotopic (exact) mass is 524 g/mol. The summed E-state index contributed by atoms with van der Waals surface area (Å²) in [6.07, 6.45) is -2.46. The first kappa shape index (κ1) is 25.6. The smallest absolute Gasteiger partial charge is 0.387 e. The lowest BCUT2D eigenvalue weighted by molar-refractivity contribution is -0.121. The van der Waals surface area contributed by atoms with Gasteiger partial charge in [-0.05, 0) is 12.8 Å². The number of phosphoric acid groups is 3. The van der Waals surface area contributed by atoms with Crippen LogP contribution in [0.1, 0.15) is 19.1 Å². The van der Waals surface area contributed by atoms with Crippen molar-refractivity contribution in [3.63, 3.8) is 0 Å². The lowest BCUT2D eigenvalue weighted by atomic mass is 9.91. The van der Waals surface area contributed by atoms with Gasteiger partial charge in [-0.2, -0.15) is 8.62 Å². The number of ether oxygens (including phenoxy) is 2. The second-order valence-corrected chi connectivity index (χ2v) is 11.2. The van der Waals surface area contributed by atoms with E-state index in [1.807, 2.05) is 4.98 Å². The van der Waals surface area contributed by atoms with Gasteiger partial charge in [0.05, 0.1) is 6.61 Å². The van der Waals surface area contributed by atoms with Gasteiger partial charge in [0, 0.05) is 18.9 Å². The summed E-state index contributed by atoms with van der Waals surface area (Å²) in [6, 6.07) is 1.03. The second-order valence-electron chi connectivity index (χ2n) is 6.78. The van der Waals surface area contributed by atoms with Gasteiger partial charge in [-0.25, -0.2) is 18.5 Å². The maximum absolute atomic E-state index is 12.2. The fourth-order valence-corrected chi connectivity index (χ4v) is 6.47. The molecule has 2 unspecified atom stereocenters. The molecule has 182 valence electrons. The summed E-state index contributed by atoms with van der Waals surface area (Å²) >= 11 is 0. The van der Waals surface area contributed by atoms with Crippen LogP contribution in [0.25, 0.3) is 0 Å². The molecule has 1 aromatic rings. The summed E-state index contributed by atoms with van der Waals surface area (Å²) in [5, 5.41) is 10.7. The fraction of sp³-hybridized carbons (Fsp3) is 0.667. The number of nitrogens with zero attached hydrogens (tertiary/aromatic N) is 1. The fourth-order valence-electron chi connectivity index (χ4n) is 3.44. The third-order valence-corrected chi connectivity index (χ3v) is 8.38. The molecule has 0 amide bonds. The van der Waals surface area contributed by atoms with E-state index >= 15 is 0 Å². The van der Waals surface area contributed by atoms with Crippen LogP contribution >= 0.6 is 23.5 Å². The minimum absolute atomic E-state index is 0.192. The number of aliphatic hydroxyl groups excluding tert-OH is 1. The molecular weight excluding hydrogens is 505 g/mol. The molecule has 0 bridgehead atoms. The average molecular weight is 524 g/mol. The Kier molecular flexibility index (Phi) is 7.17. The molecule has 2 aliphatic rings. The van der Waals surface area contributed by atoms with Crippen LogP contribution in [0.2, 0.25) is 0 Å². The van der Waals surface area contributed by atoms with Crippen molar-refractivity contribution in [3.8, 4) is 0 Å². The highest BCUT2D eigenvalue weighted by molar-refractivity contribution is 7.66. The quantitative estimate of drug-likeness (QED) is 0.216. The molecule has 20 heteroatoms. The van der Waals surface area contributed by atoms with Crippen LogP contribution in [0.5, 0.6) is 0 Å². The van der Waals surface area contributed by atoms with E-state index in [1.165, 1.54) is 0 Å². The molecule has 6 atom stereocenters. The van der Waals surface area contributed by atoms with Gasteiger partial charge in [0.25, 0.3) is 5.56 Å². The zero-order valence-electron chi connectivity index (χ0n) is 15.8. The van der Waals surface area contributed by atoms with Crippen molar-refractivity contribution >= 4 is 23.5 Å². The van der Waals surface area contributed by atoms with Crippen LogP contribution in [0.15, 0.2) is 21.9 Å². The molecule has 0 radical (unpaired) electrons. The molecule has 2 aliphatic heterocycles. The molecule has 2 saturated heterocycles. The predicted octanol–water partition coefficient (Wildman–Crippen LogP) is -1.31. The van der Waals surface area contributed by atoms with Gasteiger partial charge in [-0.1, -0.05) is 0 Å². The van der Waals surface area contributed by atoms with E-state index in [1.54, 1.807) is 0 Å². The number of aromatic nitrogens is 2. The molecule has 6 N–H and O–H groups in total. The SMILES string of the molecule is O=c1ccn([C@@H]2O[C@H](COP(=O)(O)OP(=O)(O)OP(=O)(O)O)[C@@H](O)[C@@]23CCCO3)c(=O)[nH]1. The number of H-pyrrole nitrogens is 1. The third kappa shape index (κ3) is 5.72. The number of nitrogens with one attached hydrogen (secondary N) is 1. The van der Waals surface area contributed by atoms with E-state index in [0.717, 1.165) is 16.8 Å². The van der Waals surface area contributed by atoms with Crippen molar-refractivity contribution in [1.82, 2.24) is 9.55 Å². The Morgan fingerprint density at radius 3 is 2.41 bits per heavy atom. The van der Waals surface area contributed by atoms with Gasteiger partial charge in [-0.3, -0.25) is 18.9 Å². The zero-order chi connectivity index (χ0) is 23.9. The van der Waals surface area contributed by atoms with E-state index in [-0.39, 0.29) is 13.0 Å². The highest BCUT2D eigenvalue weighted by Gasteiger charge is 2.60. The van der Waals surface area contributed by atoms with E-state index in [4.69, 9.17) is 19.3 Å². The van der Waals surface area contributed by atoms with Gasteiger partial charge < -0.3 is 34.2 Å². The molecule has 1 aromatic heterocycles. The van der Waals surface area contributed by atoms with E-state index in [2.05, 4.69) is 13.1 Å². The molecule has 2 fully saturated rings. The summed E-state index contributed by atoms with van der Waals surface area (Å²) in [6.45, 7) is -0.748. The van der Waals surface area contributed by atoms with Crippen LogP contribution in [0.3, 0.4) is 0 Å². The first-order chi connectivity index (χ1) is 14.6. The molecular formula is C12H19N2O15P3. The second kappa shape index (κ2) is 8.96. The van der Waals surface area contributed by atoms with Gasteiger partial charge in [-0.15, -0.1) is 0 Å². The first-order valence-corrected chi connectivity index (χ1v) is 13.2. The molecule has 3 heterocycles. The van der Waals surface area contributed by atoms with Crippen molar-refractivity contribution in [2.24, 2.45) is 0 Å². The molecule has 0 aliphatic carbocycles. The van der Waals surface area contributed by atoms with Gasteiger partial charge in [0.15, 0.2) is 6.23 Å². The van der Waals surface area contributed by atoms with Crippen molar-refractivity contribution in [2.75, 3.05) is 13.2 Å². The number of rotatable bonds is 8. The number of aromatic amines is 1. The van der Waals surface area contributed by atoms with Crippen LogP contribution in [0, 0.1) is 0 Å². The van der Waals surface area contributed by atoms with Gasteiger partial charge in [0.1, 0.15) is 17.8 Å². The normalized spacial score (nSPS) is 32.1. The Labute approximate surface area is 177 Å². The Morgan fingerprint density at radius 1 is 1.16 bits per heavy atom. The summed E-state index contributed by atoms with van der Waals surface area (Å²) in [7, 11) is -16.7. The molecule has 0 saturated carbocycles. The lowest BCUT2D eigenvalue weighted by Crippen LogP contribution is -2.48. The maximum Gasteiger partial charge on any atom is 0.490 e. The summed E-state index contributed by atoms with van der Waals surface area (Å²) in [5.41, 5.74) is -3.04. The minimum atomic E-state index is -5.72. The maximum atomic E-state index is 12.2. The third-order valence-electron chi connectivity index (χ3n) is 4.58.